The first-order valence-electron chi connectivity index (χ1n) is 6.28. The zero-order chi connectivity index (χ0) is 11.4. The molecule has 1 N–H and O–H groups in total. The van der Waals surface area contributed by atoms with E-state index in [0.29, 0.717) is 6.10 Å². The van der Waals surface area contributed by atoms with Gasteiger partial charge in [-0.15, -0.1) is 0 Å². The van der Waals surface area contributed by atoms with Gasteiger partial charge >= 0.3 is 0 Å². The molecular weight excluding hydrogens is 206 g/mol. The summed E-state index contributed by atoms with van der Waals surface area (Å²) in [6, 6.07) is 0. The van der Waals surface area contributed by atoms with Crippen molar-refractivity contribution in [3.05, 3.63) is 0 Å². The Morgan fingerprint density at radius 3 is 3.19 bits per heavy atom. The lowest BCUT2D eigenvalue weighted by atomic mass is 9.84. The smallest absolute Gasteiger partial charge is 0.0833 e. The van der Waals surface area contributed by atoms with Crippen LogP contribution in [0.2, 0.25) is 0 Å². The second kappa shape index (κ2) is 5.45. The van der Waals surface area contributed by atoms with Crippen LogP contribution in [0.1, 0.15) is 25.7 Å². The molecule has 2 saturated heterocycles. The number of nitrogens with zero attached hydrogens (tertiary/aromatic N) is 1. The van der Waals surface area contributed by atoms with Crippen molar-refractivity contribution in [2.75, 3.05) is 40.0 Å². The molecular formula is C12H23NO3. The van der Waals surface area contributed by atoms with Crippen LogP contribution in [0, 0.1) is 0 Å². The van der Waals surface area contributed by atoms with E-state index in [0.717, 1.165) is 51.9 Å². The molecule has 0 unspecified atom stereocenters. The Hall–Kier alpha value is -0.160. The second-order valence-electron chi connectivity index (χ2n) is 4.99. The lowest BCUT2D eigenvalue weighted by Crippen LogP contribution is -2.54. The van der Waals surface area contributed by atoms with E-state index in [1.807, 2.05) is 0 Å². The molecule has 1 spiro atoms. The van der Waals surface area contributed by atoms with Crippen molar-refractivity contribution in [1.82, 2.24) is 4.90 Å². The molecule has 2 heterocycles. The van der Waals surface area contributed by atoms with Gasteiger partial charge in [0.25, 0.3) is 0 Å². The number of hydrogen-bond donors (Lipinski definition) is 1. The summed E-state index contributed by atoms with van der Waals surface area (Å²) in [5.41, 5.74) is -0.00759. The quantitative estimate of drug-likeness (QED) is 0.771. The molecule has 2 aliphatic rings. The van der Waals surface area contributed by atoms with Crippen molar-refractivity contribution in [3.63, 3.8) is 0 Å². The van der Waals surface area contributed by atoms with E-state index in [-0.39, 0.29) is 12.2 Å². The van der Waals surface area contributed by atoms with Crippen molar-refractivity contribution < 1.29 is 14.6 Å². The normalized spacial score (nSPS) is 36.8. The number of piperidine rings is 1. The summed E-state index contributed by atoms with van der Waals surface area (Å²) in [7, 11) is 1.79. The molecule has 2 atom stereocenters. The fraction of sp³-hybridized carbons (Fsp3) is 1.00. The van der Waals surface area contributed by atoms with Crippen LogP contribution in [-0.2, 0) is 9.47 Å². The molecule has 0 aromatic rings. The summed E-state index contributed by atoms with van der Waals surface area (Å²) in [5, 5.41) is 9.00. The summed E-state index contributed by atoms with van der Waals surface area (Å²) in [6.45, 7) is 3.86. The molecule has 0 radical (unpaired) electrons. The Morgan fingerprint density at radius 1 is 1.56 bits per heavy atom. The molecule has 94 valence electrons. The minimum Gasteiger partial charge on any atom is -0.395 e. The minimum atomic E-state index is -0.00759. The van der Waals surface area contributed by atoms with E-state index >= 15 is 0 Å². The maximum absolute atomic E-state index is 9.00. The molecule has 0 saturated carbocycles. The zero-order valence-electron chi connectivity index (χ0n) is 10.2. The van der Waals surface area contributed by atoms with E-state index in [9.17, 15) is 0 Å². The predicted molar refractivity (Wildman–Crippen MR) is 61.5 cm³/mol. The second-order valence-corrected chi connectivity index (χ2v) is 4.99. The van der Waals surface area contributed by atoms with E-state index in [1.54, 1.807) is 7.11 Å². The lowest BCUT2D eigenvalue weighted by Gasteiger charge is -2.46. The van der Waals surface area contributed by atoms with Crippen LogP contribution in [0.5, 0.6) is 0 Å². The Morgan fingerprint density at radius 2 is 2.44 bits per heavy atom. The third kappa shape index (κ3) is 2.74. The van der Waals surface area contributed by atoms with Gasteiger partial charge in [-0.05, 0) is 25.8 Å². The first-order chi connectivity index (χ1) is 7.78. The number of aliphatic hydroxyl groups excluding tert-OH is 1. The summed E-state index contributed by atoms with van der Waals surface area (Å²) in [6.07, 6.45) is 4.66. The maximum Gasteiger partial charge on any atom is 0.0833 e. The number of likely N-dealkylation sites (tertiary alicyclic amines) is 1. The van der Waals surface area contributed by atoms with Crippen LogP contribution in [0.15, 0.2) is 0 Å². The minimum absolute atomic E-state index is 0.00759. The molecule has 16 heavy (non-hydrogen) atoms. The SMILES string of the molecule is CO[C@@H]1CCO[C@]2(CCCN(CCO)C2)C1. The van der Waals surface area contributed by atoms with E-state index in [1.165, 1.54) is 0 Å². The molecule has 4 heteroatoms. The molecule has 0 aromatic heterocycles. The Balaban J connectivity index is 1.94. The van der Waals surface area contributed by atoms with Crippen LogP contribution in [0.3, 0.4) is 0 Å². The van der Waals surface area contributed by atoms with Crippen LogP contribution >= 0.6 is 0 Å². The number of methoxy groups -OCH3 is 1. The number of aliphatic hydroxyl groups is 1. The molecule has 2 rings (SSSR count). The third-order valence-electron chi connectivity index (χ3n) is 3.82. The fourth-order valence-electron chi connectivity index (χ4n) is 2.99. The first-order valence-corrected chi connectivity index (χ1v) is 6.28. The van der Waals surface area contributed by atoms with Crippen molar-refractivity contribution in [2.45, 2.75) is 37.4 Å². The highest BCUT2D eigenvalue weighted by atomic mass is 16.5. The average molecular weight is 229 g/mol. The molecule has 2 aliphatic heterocycles. The number of hydrogen-bond acceptors (Lipinski definition) is 4. The summed E-state index contributed by atoms with van der Waals surface area (Å²) in [5.74, 6) is 0. The third-order valence-corrected chi connectivity index (χ3v) is 3.82. The summed E-state index contributed by atoms with van der Waals surface area (Å²) in [4.78, 5) is 2.31. The average Bonchev–Trinajstić information content (AvgIpc) is 2.29. The molecule has 0 amide bonds. The van der Waals surface area contributed by atoms with Crippen molar-refractivity contribution >= 4 is 0 Å². The molecule has 0 aromatic carbocycles. The highest BCUT2D eigenvalue weighted by Gasteiger charge is 2.40. The van der Waals surface area contributed by atoms with Gasteiger partial charge in [-0.1, -0.05) is 0 Å². The van der Waals surface area contributed by atoms with E-state index in [2.05, 4.69) is 4.90 Å². The Bertz CT molecular complexity index is 218. The Kier molecular flexibility index (Phi) is 4.19. The summed E-state index contributed by atoms with van der Waals surface area (Å²) >= 11 is 0. The lowest BCUT2D eigenvalue weighted by molar-refractivity contribution is -0.153. The van der Waals surface area contributed by atoms with Crippen LogP contribution < -0.4 is 0 Å². The van der Waals surface area contributed by atoms with Gasteiger partial charge in [0.05, 0.1) is 18.3 Å². The van der Waals surface area contributed by atoms with Gasteiger partial charge in [-0.3, -0.25) is 4.90 Å². The molecule has 0 bridgehead atoms. The standard InChI is InChI=1S/C12H23NO3/c1-15-11-3-8-16-12(9-11)4-2-5-13(10-12)6-7-14/h11,14H,2-10H2,1H3/t11-,12-/m1/s1. The highest BCUT2D eigenvalue weighted by Crippen LogP contribution is 2.34. The van der Waals surface area contributed by atoms with Crippen LogP contribution in [0.4, 0.5) is 0 Å². The van der Waals surface area contributed by atoms with Gasteiger partial charge in [0.1, 0.15) is 0 Å². The van der Waals surface area contributed by atoms with Crippen LogP contribution in [-0.4, -0.2) is 61.7 Å². The first kappa shape index (κ1) is 12.3. The van der Waals surface area contributed by atoms with Gasteiger partial charge in [-0.2, -0.15) is 0 Å². The Labute approximate surface area is 97.5 Å². The highest BCUT2D eigenvalue weighted by molar-refractivity contribution is 4.93. The van der Waals surface area contributed by atoms with Crippen LogP contribution in [0.25, 0.3) is 0 Å². The number of ether oxygens (including phenoxy) is 2. The van der Waals surface area contributed by atoms with Crippen molar-refractivity contribution in [2.24, 2.45) is 0 Å². The summed E-state index contributed by atoms with van der Waals surface area (Å²) < 4.78 is 11.5. The fourth-order valence-corrected chi connectivity index (χ4v) is 2.99. The van der Waals surface area contributed by atoms with Gasteiger partial charge in [0.15, 0.2) is 0 Å². The van der Waals surface area contributed by atoms with Gasteiger partial charge in [0.2, 0.25) is 0 Å². The molecule has 0 aliphatic carbocycles. The largest absolute Gasteiger partial charge is 0.395 e. The maximum atomic E-state index is 9.00. The van der Waals surface area contributed by atoms with Gasteiger partial charge in [0, 0.05) is 33.2 Å². The predicted octanol–water partition coefficient (Wildman–Crippen LogP) is 0.639. The number of β-amino-alcohol motifs (C(OH)–C–C–N with tert-alkyl or cyclic N) is 1. The molecule has 4 nitrogen and oxygen atoms in total. The van der Waals surface area contributed by atoms with Gasteiger partial charge < -0.3 is 14.6 Å². The number of rotatable bonds is 3. The van der Waals surface area contributed by atoms with Crippen molar-refractivity contribution in [3.8, 4) is 0 Å². The van der Waals surface area contributed by atoms with Crippen molar-refractivity contribution in [1.29, 1.82) is 0 Å². The van der Waals surface area contributed by atoms with E-state index in [4.69, 9.17) is 14.6 Å². The molecule has 2 fully saturated rings. The van der Waals surface area contributed by atoms with E-state index < -0.39 is 0 Å². The zero-order valence-corrected chi connectivity index (χ0v) is 10.2. The monoisotopic (exact) mass is 229 g/mol. The van der Waals surface area contributed by atoms with Gasteiger partial charge in [-0.25, -0.2) is 0 Å². The topological polar surface area (TPSA) is 41.9 Å².